The smallest absolute Gasteiger partial charge is 0.251 e. The van der Waals surface area contributed by atoms with E-state index in [2.05, 4.69) is 0 Å². The molecule has 0 aliphatic carbocycles. The number of carbonyl (C=O) groups excluding carboxylic acids is 1. The number of hydrogen-bond acceptors (Lipinski definition) is 3. The van der Waals surface area contributed by atoms with Crippen LogP contribution >= 0.6 is 0 Å². The van der Waals surface area contributed by atoms with Crippen LogP contribution in [-0.4, -0.2) is 33.1 Å². The number of aromatic nitrogens is 1. The molecule has 2 aromatic rings. The Balaban J connectivity index is 1.81. The van der Waals surface area contributed by atoms with Gasteiger partial charge in [0.05, 0.1) is 12.1 Å². The lowest BCUT2D eigenvalue weighted by molar-refractivity contribution is -0.133. The average Bonchev–Trinajstić information content (AvgIpc) is 2.93. The van der Waals surface area contributed by atoms with Crippen molar-refractivity contribution < 1.29 is 14.3 Å². The lowest BCUT2D eigenvalue weighted by Gasteiger charge is -2.25. The molecule has 1 amide bonds. The van der Waals surface area contributed by atoms with E-state index in [1.807, 2.05) is 6.92 Å². The molecule has 0 bridgehead atoms. The Labute approximate surface area is 139 Å². The van der Waals surface area contributed by atoms with Crippen molar-refractivity contribution in [2.24, 2.45) is 0 Å². The van der Waals surface area contributed by atoms with E-state index in [0.717, 1.165) is 11.1 Å². The summed E-state index contributed by atoms with van der Waals surface area (Å²) in [7, 11) is 0. The molecule has 6 heteroatoms. The Morgan fingerprint density at radius 1 is 1.29 bits per heavy atom. The molecule has 2 unspecified atom stereocenters. The minimum atomic E-state index is -0.626. The molecule has 1 aromatic heterocycles. The Kier molecular flexibility index (Phi) is 4.49. The second-order valence-electron chi connectivity index (χ2n) is 6.17. The number of aryl methyl sites for hydroxylation is 1. The third kappa shape index (κ3) is 3.38. The van der Waals surface area contributed by atoms with E-state index in [9.17, 15) is 19.1 Å². The lowest BCUT2D eigenvalue weighted by atomic mass is 10.0. The molecule has 1 aliphatic heterocycles. The number of hydrogen-bond donors (Lipinski definition) is 1. The van der Waals surface area contributed by atoms with Gasteiger partial charge in [0.1, 0.15) is 12.4 Å². The predicted molar refractivity (Wildman–Crippen MR) is 86.9 cm³/mol. The van der Waals surface area contributed by atoms with Crippen LogP contribution in [0.25, 0.3) is 0 Å². The summed E-state index contributed by atoms with van der Waals surface area (Å²) in [4.78, 5) is 26.1. The minimum absolute atomic E-state index is 0.0798. The van der Waals surface area contributed by atoms with Gasteiger partial charge in [-0.2, -0.15) is 0 Å². The van der Waals surface area contributed by atoms with Crippen molar-refractivity contribution in [3.63, 3.8) is 0 Å². The topological polar surface area (TPSA) is 62.5 Å². The van der Waals surface area contributed by atoms with Crippen molar-refractivity contribution in [1.82, 2.24) is 9.47 Å². The van der Waals surface area contributed by atoms with Gasteiger partial charge in [0.25, 0.3) is 5.56 Å². The van der Waals surface area contributed by atoms with Crippen molar-refractivity contribution in [3.8, 4) is 0 Å². The lowest BCUT2D eigenvalue weighted by Crippen LogP contribution is -2.36. The Morgan fingerprint density at radius 3 is 2.67 bits per heavy atom. The second-order valence-corrected chi connectivity index (χ2v) is 6.17. The van der Waals surface area contributed by atoms with Crippen LogP contribution in [0.1, 0.15) is 23.6 Å². The van der Waals surface area contributed by atoms with Crippen LogP contribution in [0.4, 0.5) is 4.39 Å². The van der Waals surface area contributed by atoms with Gasteiger partial charge in [0, 0.05) is 18.8 Å². The highest BCUT2D eigenvalue weighted by Gasteiger charge is 2.35. The summed E-state index contributed by atoms with van der Waals surface area (Å²) >= 11 is 0. The molecule has 1 aliphatic rings. The van der Waals surface area contributed by atoms with Gasteiger partial charge >= 0.3 is 0 Å². The van der Waals surface area contributed by atoms with Crippen LogP contribution in [0.2, 0.25) is 0 Å². The first-order valence-corrected chi connectivity index (χ1v) is 7.84. The first-order chi connectivity index (χ1) is 11.4. The number of β-amino-alcohol motifs (C(OH)–C–C–N with tert-alkyl or cyclic N) is 1. The van der Waals surface area contributed by atoms with Gasteiger partial charge < -0.3 is 14.6 Å². The van der Waals surface area contributed by atoms with Crippen molar-refractivity contribution in [2.75, 3.05) is 6.54 Å². The minimum Gasteiger partial charge on any atom is -0.391 e. The van der Waals surface area contributed by atoms with Gasteiger partial charge in [-0.3, -0.25) is 9.59 Å². The third-order valence-electron chi connectivity index (χ3n) is 4.31. The van der Waals surface area contributed by atoms with E-state index >= 15 is 0 Å². The molecule has 0 radical (unpaired) electrons. The average molecular weight is 330 g/mol. The molecular formula is C18H19FN2O3. The molecule has 1 N–H and O–H groups in total. The summed E-state index contributed by atoms with van der Waals surface area (Å²) in [6.45, 7) is 1.94. The monoisotopic (exact) mass is 330 g/mol. The van der Waals surface area contributed by atoms with E-state index in [-0.39, 0.29) is 36.4 Å². The summed E-state index contributed by atoms with van der Waals surface area (Å²) in [5.74, 6) is -0.590. The Hall–Kier alpha value is -2.47. The maximum absolute atomic E-state index is 13.1. The summed E-state index contributed by atoms with van der Waals surface area (Å²) in [6.07, 6.45) is 1.37. The van der Waals surface area contributed by atoms with Gasteiger partial charge in [-0.15, -0.1) is 0 Å². The van der Waals surface area contributed by atoms with Crippen molar-refractivity contribution in [1.29, 1.82) is 0 Å². The van der Waals surface area contributed by atoms with Gasteiger partial charge in [0.2, 0.25) is 5.91 Å². The van der Waals surface area contributed by atoms with Crippen LogP contribution in [0.15, 0.2) is 47.4 Å². The molecule has 1 saturated heterocycles. The fourth-order valence-corrected chi connectivity index (χ4v) is 3.06. The van der Waals surface area contributed by atoms with E-state index < -0.39 is 6.10 Å². The molecule has 1 fully saturated rings. The molecule has 0 spiro atoms. The van der Waals surface area contributed by atoms with Crippen LogP contribution in [-0.2, 0) is 11.3 Å². The number of aliphatic hydroxyl groups excluding tert-OH is 1. The molecule has 24 heavy (non-hydrogen) atoms. The number of halogens is 1. The molecule has 3 rings (SSSR count). The highest BCUT2D eigenvalue weighted by molar-refractivity contribution is 5.77. The van der Waals surface area contributed by atoms with Crippen LogP contribution < -0.4 is 5.56 Å². The first-order valence-electron chi connectivity index (χ1n) is 7.84. The number of pyridine rings is 1. The number of carbonyl (C=O) groups is 1. The second kappa shape index (κ2) is 6.57. The molecule has 2 heterocycles. The van der Waals surface area contributed by atoms with Crippen LogP contribution in [0, 0.1) is 12.7 Å². The molecule has 2 atom stereocenters. The van der Waals surface area contributed by atoms with Crippen molar-refractivity contribution >= 4 is 5.91 Å². The number of likely N-dealkylation sites (tertiary alicyclic amines) is 1. The fraction of sp³-hybridized carbons (Fsp3) is 0.333. The first kappa shape index (κ1) is 16.4. The molecule has 1 aromatic carbocycles. The summed E-state index contributed by atoms with van der Waals surface area (Å²) in [6, 6.07) is 8.86. The Morgan fingerprint density at radius 2 is 2.00 bits per heavy atom. The standard InChI is InChI=1S/C18H19FN2O3/c1-12-6-7-20(17(23)8-12)11-18(24)21-10-15(22)9-16(21)13-2-4-14(19)5-3-13/h2-8,15-16,22H,9-11H2,1H3. The summed E-state index contributed by atoms with van der Waals surface area (Å²) < 4.78 is 14.5. The van der Waals surface area contributed by atoms with Gasteiger partial charge in [0.15, 0.2) is 0 Å². The maximum Gasteiger partial charge on any atom is 0.251 e. The van der Waals surface area contributed by atoms with Gasteiger partial charge in [-0.1, -0.05) is 12.1 Å². The van der Waals surface area contributed by atoms with Gasteiger partial charge in [-0.25, -0.2) is 4.39 Å². The van der Waals surface area contributed by atoms with Gasteiger partial charge in [-0.05, 0) is 42.7 Å². The van der Waals surface area contributed by atoms with Crippen LogP contribution in [0.3, 0.4) is 0 Å². The quantitative estimate of drug-likeness (QED) is 0.930. The molecular weight excluding hydrogens is 311 g/mol. The van der Waals surface area contributed by atoms with E-state index in [1.54, 1.807) is 29.3 Å². The highest BCUT2D eigenvalue weighted by atomic mass is 19.1. The van der Waals surface area contributed by atoms with E-state index in [1.165, 1.54) is 22.8 Å². The number of amides is 1. The summed E-state index contributed by atoms with van der Waals surface area (Å²) in [5.41, 5.74) is 1.38. The SMILES string of the molecule is Cc1ccn(CC(=O)N2CC(O)CC2c2ccc(F)cc2)c(=O)c1. The molecule has 5 nitrogen and oxygen atoms in total. The van der Waals surface area contributed by atoms with Crippen molar-refractivity contribution in [3.05, 3.63) is 69.9 Å². The summed E-state index contributed by atoms with van der Waals surface area (Å²) in [5, 5.41) is 9.96. The van der Waals surface area contributed by atoms with E-state index in [4.69, 9.17) is 0 Å². The van der Waals surface area contributed by atoms with Crippen LogP contribution in [0.5, 0.6) is 0 Å². The maximum atomic E-state index is 13.1. The van der Waals surface area contributed by atoms with Crippen molar-refractivity contribution in [2.45, 2.75) is 32.0 Å². The largest absolute Gasteiger partial charge is 0.391 e. The zero-order chi connectivity index (χ0) is 17.3. The predicted octanol–water partition coefficient (Wildman–Crippen LogP) is 1.63. The molecule has 0 saturated carbocycles. The normalized spacial score (nSPS) is 20.4. The number of nitrogens with zero attached hydrogens (tertiary/aromatic N) is 2. The fourth-order valence-electron chi connectivity index (χ4n) is 3.06. The zero-order valence-corrected chi connectivity index (χ0v) is 13.4. The third-order valence-corrected chi connectivity index (χ3v) is 4.31. The number of rotatable bonds is 3. The number of aliphatic hydroxyl groups is 1. The van der Waals surface area contributed by atoms with E-state index in [0.29, 0.717) is 6.42 Å². The zero-order valence-electron chi connectivity index (χ0n) is 13.4. The molecule has 126 valence electrons. The highest BCUT2D eigenvalue weighted by Crippen LogP contribution is 2.32. The number of benzene rings is 1. The Bertz CT molecular complexity index is 801.